The van der Waals surface area contributed by atoms with Crippen LogP contribution in [0.1, 0.15) is 23.6 Å². The van der Waals surface area contributed by atoms with Gasteiger partial charge in [-0.2, -0.15) is 0 Å². The Morgan fingerprint density at radius 2 is 1.84 bits per heavy atom. The molecule has 3 N–H and O–H groups in total. The maximum atomic E-state index is 10.9. The molecule has 5 rings (SSSR count). The monoisotopic (exact) mass is 430 g/mol. The first-order valence-corrected chi connectivity index (χ1v) is 10.8. The summed E-state index contributed by atoms with van der Waals surface area (Å²) in [6, 6.07) is 20.1. The van der Waals surface area contributed by atoms with Gasteiger partial charge in [0.1, 0.15) is 12.4 Å². The molecule has 4 nitrogen and oxygen atoms in total. The van der Waals surface area contributed by atoms with Crippen LogP contribution in [0.5, 0.6) is 5.75 Å². The minimum absolute atomic E-state index is 0.251. The summed E-state index contributed by atoms with van der Waals surface area (Å²) in [5.41, 5.74) is 8.76. The summed E-state index contributed by atoms with van der Waals surface area (Å²) in [5.74, 6) is 0.252. The van der Waals surface area contributed by atoms with Crippen molar-refractivity contribution in [3.63, 3.8) is 0 Å². The molecule has 0 aliphatic rings. The summed E-state index contributed by atoms with van der Waals surface area (Å²) in [7, 11) is 0. The molecule has 1 aromatic heterocycles. The van der Waals surface area contributed by atoms with Crippen molar-refractivity contribution >= 4 is 49.9 Å². The Bertz CT molecular complexity index is 1440. The minimum atomic E-state index is 0.251. The van der Waals surface area contributed by atoms with Crippen molar-refractivity contribution in [2.24, 2.45) is 0 Å². The molecule has 156 valence electrons. The van der Waals surface area contributed by atoms with Crippen LogP contribution in [0, 0.1) is 6.92 Å². The van der Waals surface area contributed by atoms with Gasteiger partial charge in [0.2, 0.25) is 0 Å². The number of para-hydroxylation sites is 1. The average Bonchev–Trinajstić information content (AvgIpc) is 3.14. The third-order valence-electron chi connectivity index (χ3n) is 5.94. The van der Waals surface area contributed by atoms with Crippen molar-refractivity contribution in [2.45, 2.75) is 26.9 Å². The summed E-state index contributed by atoms with van der Waals surface area (Å²) in [4.78, 5) is 9.25. The number of anilines is 1. The topological polar surface area (TPSA) is 57.3 Å². The highest BCUT2D eigenvalue weighted by Crippen LogP contribution is 2.38. The summed E-state index contributed by atoms with van der Waals surface area (Å²) in [6.07, 6.45) is 0.915. The molecule has 0 aliphatic carbocycles. The van der Waals surface area contributed by atoms with Crippen LogP contribution in [0.4, 0.5) is 5.69 Å². The second-order valence-corrected chi connectivity index (χ2v) is 8.25. The van der Waals surface area contributed by atoms with E-state index in [9.17, 15) is 5.11 Å². The summed E-state index contributed by atoms with van der Waals surface area (Å²) in [6.45, 7) is 4.30. The zero-order chi connectivity index (χ0) is 21.5. The number of nitrogens with one attached hydrogen (secondary N) is 2. The number of aromatic hydroxyl groups is 1. The Morgan fingerprint density at radius 1 is 1.00 bits per heavy atom. The van der Waals surface area contributed by atoms with E-state index in [1.165, 1.54) is 5.56 Å². The lowest BCUT2D eigenvalue weighted by Crippen LogP contribution is -2.04. The predicted molar refractivity (Wildman–Crippen MR) is 129 cm³/mol. The summed E-state index contributed by atoms with van der Waals surface area (Å²) in [5, 5.41) is 15.9. The maximum absolute atomic E-state index is 10.9. The molecule has 0 radical (unpaired) electrons. The van der Waals surface area contributed by atoms with Gasteiger partial charge in [0, 0.05) is 37.8 Å². The number of phenolic OH excluding ortho intramolecular Hbond substituents is 1. The van der Waals surface area contributed by atoms with E-state index in [1.807, 2.05) is 49.4 Å². The Labute approximate surface area is 185 Å². The first-order valence-electron chi connectivity index (χ1n) is 10.4. The number of hydrogen-bond acceptors (Lipinski definition) is 3. The van der Waals surface area contributed by atoms with Gasteiger partial charge >= 0.3 is 0 Å². The van der Waals surface area contributed by atoms with Crippen LogP contribution in [0.15, 0.2) is 60.7 Å². The molecule has 4 aromatic carbocycles. The molecule has 0 saturated carbocycles. The zero-order valence-corrected chi connectivity index (χ0v) is 18.2. The van der Waals surface area contributed by atoms with E-state index in [2.05, 4.69) is 35.6 Å². The molecule has 5 heteroatoms. The van der Waals surface area contributed by atoms with E-state index in [0.717, 1.165) is 55.8 Å². The number of aromatic amines is 1. The van der Waals surface area contributed by atoms with Gasteiger partial charge in [-0.15, -0.1) is 0 Å². The molecule has 0 aliphatic heterocycles. The van der Waals surface area contributed by atoms with Gasteiger partial charge in [-0.25, -0.2) is 0 Å². The highest BCUT2D eigenvalue weighted by atomic mass is 35.5. The highest BCUT2D eigenvalue weighted by Gasteiger charge is 2.15. The number of halogens is 1. The fraction of sp³-hybridized carbons (Fsp3) is 0.154. The molecule has 0 saturated heterocycles. The van der Waals surface area contributed by atoms with Gasteiger partial charge in [-0.3, -0.25) is 10.3 Å². The third-order valence-corrected chi connectivity index (χ3v) is 6.18. The molecule has 0 bridgehead atoms. The summed E-state index contributed by atoms with van der Waals surface area (Å²) >= 11 is 6.21. The molecule has 0 spiro atoms. The van der Waals surface area contributed by atoms with E-state index >= 15 is 0 Å². The SMILES string of the molecule is CCc1ccccc1NOCc1cc2ccc3c4cc(Cl)ccc4[nH]c3c2c(C)c1O. The minimum Gasteiger partial charge on any atom is -0.507 e. The number of benzene rings is 4. The smallest absolute Gasteiger partial charge is 0.124 e. The number of fused-ring (bicyclic) bond motifs is 5. The van der Waals surface area contributed by atoms with Crippen LogP contribution >= 0.6 is 11.6 Å². The Hall–Kier alpha value is -3.21. The van der Waals surface area contributed by atoms with Crippen LogP contribution in [0.2, 0.25) is 5.02 Å². The first-order chi connectivity index (χ1) is 15.1. The normalized spacial score (nSPS) is 11.6. The molecular weight excluding hydrogens is 408 g/mol. The predicted octanol–water partition coefficient (Wildman–Crippen LogP) is 7.25. The molecule has 5 aromatic rings. The van der Waals surface area contributed by atoms with Crippen LogP contribution in [-0.2, 0) is 17.9 Å². The molecule has 1 heterocycles. The first kappa shape index (κ1) is 19.7. The van der Waals surface area contributed by atoms with Gasteiger partial charge < -0.3 is 10.1 Å². The van der Waals surface area contributed by atoms with Crippen LogP contribution in [0.3, 0.4) is 0 Å². The van der Waals surface area contributed by atoms with Gasteiger partial charge in [-0.1, -0.05) is 48.9 Å². The van der Waals surface area contributed by atoms with E-state index in [-0.39, 0.29) is 12.4 Å². The van der Waals surface area contributed by atoms with Crippen LogP contribution in [0.25, 0.3) is 32.6 Å². The van der Waals surface area contributed by atoms with Crippen molar-refractivity contribution in [3.05, 3.63) is 82.4 Å². The standard InChI is InChI=1S/C26H23ClN2O2/c1-3-16-6-4-5-7-22(16)29-31-14-18-12-17-8-10-20-21-13-19(27)9-11-23(21)28-25(20)24(17)15(2)26(18)30/h4-13,28-30H,3,14H2,1-2H3. The molecular formula is C26H23ClN2O2. The average molecular weight is 431 g/mol. The maximum Gasteiger partial charge on any atom is 0.124 e. The van der Waals surface area contributed by atoms with E-state index in [4.69, 9.17) is 16.4 Å². The van der Waals surface area contributed by atoms with Gasteiger partial charge in [0.05, 0.1) is 11.2 Å². The second-order valence-electron chi connectivity index (χ2n) is 7.81. The number of hydrogen-bond donors (Lipinski definition) is 3. The van der Waals surface area contributed by atoms with Crippen molar-refractivity contribution in [3.8, 4) is 5.75 Å². The van der Waals surface area contributed by atoms with Gasteiger partial charge in [-0.05, 0) is 54.6 Å². The Morgan fingerprint density at radius 3 is 2.68 bits per heavy atom. The zero-order valence-electron chi connectivity index (χ0n) is 17.4. The Balaban J connectivity index is 1.52. The summed E-state index contributed by atoms with van der Waals surface area (Å²) < 4.78 is 0. The number of aryl methyl sites for hydroxylation is 2. The number of phenols is 1. The second kappa shape index (κ2) is 7.80. The lowest BCUT2D eigenvalue weighted by atomic mass is 9.98. The third kappa shape index (κ3) is 3.38. The van der Waals surface area contributed by atoms with E-state index in [1.54, 1.807) is 0 Å². The van der Waals surface area contributed by atoms with Crippen molar-refractivity contribution in [1.29, 1.82) is 0 Å². The Kier molecular flexibility index (Phi) is 4.97. The van der Waals surface area contributed by atoms with Gasteiger partial charge in [0.25, 0.3) is 0 Å². The van der Waals surface area contributed by atoms with E-state index in [0.29, 0.717) is 5.02 Å². The lowest BCUT2D eigenvalue weighted by Gasteiger charge is -2.14. The molecule has 0 fully saturated rings. The quantitative estimate of drug-likeness (QED) is 0.257. The van der Waals surface area contributed by atoms with Crippen LogP contribution in [-0.4, -0.2) is 10.1 Å². The fourth-order valence-electron chi connectivity index (χ4n) is 4.33. The van der Waals surface area contributed by atoms with Crippen molar-refractivity contribution in [2.75, 3.05) is 5.48 Å². The van der Waals surface area contributed by atoms with Crippen molar-refractivity contribution < 1.29 is 9.94 Å². The molecule has 0 atom stereocenters. The number of aromatic nitrogens is 1. The molecule has 0 unspecified atom stereocenters. The largest absolute Gasteiger partial charge is 0.507 e. The fourth-order valence-corrected chi connectivity index (χ4v) is 4.50. The van der Waals surface area contributed by atoms with Gasteiger partial charge in [0.15, 0.2) is 0 Å². The van der Waals surface area contributed by atoms with Crippen LogP contribution < -0.4 is 5.48 Å². The van der Waals surface area contributed by atoms with Crippen molar-refractivity contribution in [1.82, 2.24) is 4.98 Å². The highest BCUT2D eigenvalue weighted by molar-refractivity contribution is 6.32. The lowest BCUT2D eigenvalue weighted by molar-refractivity contribution is 0.177. The molecule has 31 heavy (non-hydrogen) atoms. The number of rotatable bonds is 5. The molecule has 0 amide bonds. The number of H-pyrrole nitrogens is 1. The van der Waals surface area contributed by atoms with E-state index < -0.39 is 0 Å².